The highest BCUT2D eigenvalue weighted by molar-refractivity contribution is 5.93. The van der Waals surface area contributed by atoms with E-state index in [1.807, 2.05) is 18.2 Å². The van der Waals surface area contributed by atoms with Gasteiger partial charge in [0.05, 0.1) is 12.7 Å². The summed E-state index contributed by atoms with van der Waals surface area (Å²) in [4.78, 5) is 17.0. The van der Waals surface area contributed by atoms with E-state index in [9.17, 15) is 9.18 Å². The zero-order valence-electron chi connectivity index (χ0n) is 18.2. The van der Waals surface area contributed by atoms with Gasteiger partial charge in [-0.3, -0.25) is 9.69 Å². The van der Waals surface area contributed by atoms with Crippen molar-refractivity contribution < 1.29 is 23.2 Å². The lowest BCUT2D eigenvalue weighted by Crippen LogP contribution is -2.48. The van der Waals surface area contributed by atoms with Crippen LogP contribution in [-0.2, 0) is 13.2 Å². The lowest BCUT2D eigenvalue weighted by atomic mass is 10.1. The van der Waals surface area contributed by atoms with E-state index in [2.05, 4.69) is 10.1 Å². The van der Waals surface area contributed by atoms with Crippen molar-refractivity contribution in [3.63, 3.8) is 0 Å². The highest BCUT2D eigenvalue weighted by Crippen LogP contribution is 2.22. The maximum atomic E-state index is 13.9. The summed E-state index contributed by atoms with van der Waals surface area (Å²) in [6, 6.07) is 14.0. The molecule has 3 aromatic rings. The fourth-order valence-corrected chi connectivity index (χ4v) is 3.68. The number of nitrogens with zero attached hydrogens (tertiary/aromatic N) is 3. The van der Waals surface area contributed by atoms with Gasteiger partial charge in [0.15, 0.2) is 5.69 Å². The molecule has 0 aliphatic carbocycles. The van der Waals surface area contributed by atoms with E-state index >= 15 is 0 Å². The normalized spacial score (nSPS) is 14.4. The number of benzene rings is 2. The van der Waals surface area contributed by atoms with E-state index in [4.69, 9.17) is 14.0 Å². The van der Waals surface area contributed by atoms with Gasteiger partial charge in [0, 0.05) is 38.3 Å². The van der Waals surface area contributed by atoms with E-state index in [1.54, 1.807) is 43.2 Å². The molecule has 1 aromatic heterocycles. The van der Waals surface area contributed by atoms with Gasteiger partial charge in [0.25, 0.3) is 5.91 Å². The number of amides is 1. The van der Waals surface area contributed by atoms with Crippen LogP contribution >= 0.6 is 0 Å². The Balaban J connectivity index is 1.36. The lowest BCUT2D eigenvalue weighted by molar-refractivity contribution is 0.0615. The lowest BCUT2D eigenvalue weighted by Gasteiger charge is -2.34. The molecule has 1 amide bonds. The molecule has 0 saturated carbocycles. The number of hydrogen-bond donors (Lipinski definition) is 0. The molecular weight excluding hydrogens is 413 g/mol. The van der Waals surface area contributed by atoms with Gasteiger partial charge in [0.1, 0.15) is 29.7 Å². The van der Waals surface area contributed by atoms with Crippen LogP contribution in [0.25, 0.3) is 0 Å². The molecule has 168 valence electrons. The molecule has 1 aliphatic heterocycles. The van der Waals surface area contributed by atoms with Gasteiger partial charge in [-0.25, -0.2) is 4.39 Å². The molecule has 1 fully saturated rings. The topological polar surface area (TPSA) is 68.0 Å². The van der Waals surface area contributed by atoms with Crippen molar-refractivity contribution >= 4 is 5.91 Å². The number of methoxy groups -OCH3 is 1. The molecule has 0 radical (unpaired) electrons. The van der Waals surface area contributed by atoms with Crippen molar-refractivity contribution in [2.45, 2.75) is 20.1 Å². The van der Waals surface area contributed by atoms with Crippen LogP contribution in [0.15, 0.2) is 53.1 Å². The van der Waals surface area contributed by atoms with Gasteiger partial charge in [-0.05, 0) is 37.3 Å². The molecule has 1 aliphatic rings. The second-order valence-electron chi connectivity index (χ2n) is 7.69. The molecule has 1 saturated heterocycles. The number of carbonyl (C=O) groups excluding carboxylic acids is 1. The maximum absolute atomic E-state index is 13.9. The Labute approximate surface area is 186 Å². The fourth-order valence-electron chi connectivity index (χ4n) is 3.68. The Morgan fingerprint density at radius 3 is 2.44 bits per heavy atom. The molecule has 2 aromatic carbocycles. The second-order valence-corrected chi connectivity index (χ2v) is 7.69. The second kappa shape index (κ2) is 9.82. The van der Waals surface area contributed by atoms with Crippen molar-refractivity contribution in [3.8, 4) is 11.5 Å². The van der Waals surface area contributed by atoms with Crippen LogP contribution in [0.3, 0.4) is 0 Å². The first-order chi connectivity index (χ1) is 15.5. The first-order valence-corrected chi connectivity index (χ1v) is 10.5. The molecule has 0 bridgehead atoms. The number of ether oxygens (including phenoxy) is 2. The largest absolute Gasteiger partial charge is 0.497 e. The van der Waals surface area contributed by atoms with Crippen LogP contribution in [0.2, 0.25) is 0 Å². The number of aryl methyl sites for hydroxylation is 1. The van der Waals surface area contributed by atoms with Crippen molar-refractivity contribution in [2.75, 3.05) is 33.3 Å². The molecule has 0 spiro atoms. The molecule has 0 N–H and O–H groups in total. The fraction of sp³-hybridized carbons (Fsp3) is 0.333. The van der Waals surface area contributed by atoms with Gasteiger partial charge in [0.2, 0.25) is 0 Å². The zero-order valence-corrected chi connectivity index (χ0v) is 18.2. The summed E-state index contributed by atoms with van der Waals surface area (Å²) in [5, 5.41) is 4.00. The summed E-state index contributed by atoms with van der Waals surface area (Å²) >= 11 is 0. The van der Waals surface area contributed by atoms with E-state index in [0.717, 1.165) is 5.75 Å². The summed E-state index contributed by atoms with van der Waals surface area (Å²) in [5.74, 6) is 1.57. The predicted molar refractivity (Wildman–Crippen MR) is 116 cm³/mol. The Kier molecular flexibility index (Phi) is 6.70. The monoisotopic (exact) mass is 439 g/mol. The number of hydrogen-bond acceptors (Lipinski definition) is 6. The number of piperazine rings is 1. The summed E-state index contributed by atoms with van der Waals surface area (Å²) in [6.45, 7) is 4.87. The van der Waals surface area contributed by atoms with Gasteiger partial charge in [-0.15, -0.1) is 0 Å². The molecule has 2 heterocycles. The van der Waals surface area contributed by atoms with E-state index in [1.165, 1.54) is 6.07 Å². The van der Waals surface area contributed by atoms with Crippen molar-refractivity contribution in [3.05, 3.63) is 76.9 Å². The van der Waals surface area contributed by atoms with Gasteiger partial charge in [-0.2, -0.15) is 0 Å². The van der Waals surface area contributed by atoms with Crippen LogP contribution in [0.4, 0.5) is 4.39 Å². The summed E-state index contributed by atoms with van der Waals surface area (Å²) in [5.41, 5.74) is 1.58. The molecular formula is C24H26FN3O4. The third-order valence-electron chi connectivity index (χ3n) is 5.64. The van der Waals surface area contributed by atoms with Crippen LogP contribution in [-0.4, -0.2) is 54.2 Å². The van der Waals surface area contributed by atoms with Crippen LogP contribution in [0.1, 0.15) is 27.4 Å². The third-order valence-corrected chi connectivity index (χ3v) is 5.64. The maximum Gasteiger partial charge on any atom is 0.276 e. The van der Waals surface area contributed by atoms with Crippen molar-refractivity contribution in [1.29, 1.82) is 0 Å². The summed E-state index contributed by atoms with van der Waals surface area (Å²) in [7, 11) is 1.61. The average molecular weight is 439 g/mol. The standard InChI is InChI=1S/C24H26FN3O4/c1-17-21(16-31-20-9-7-19(30-2)8-10-20)23(26-32-17)24(29)28-13-11-27(12-14-28)15-18-5-3-4-6-22(18)25/h3-10H,11-16H2,1-2H3. The zero-order chi connectivity index (χ0) is 22.5. The Hall–Kier alpha value is -3.39. The van der Waals surface area contributed by atoms with Crippen molar-refractivity contribution in [2.24, 2.45) is 0 Å². The molecule has 8 heteroatoms. The number of halogens is 1. The quantitative estimate of drug-likeness (QED) is 0.560. The minimum atomic E-state index is -0.203. The minimum Gasteiger partial charge on any atom is -0.497 e. The minimum absolute atomic E-state index is 0.177. The van der Waals surface area contributed by atoms with Gasteiger partial charge >= 0.3 is 0 Å². The van der Waals surface area contributed by atoms with Crippen molar-refractivity contribution in [1.82, 2.24) is 15.0 Å². The SMILES string of the molecule is COc1ccc(OCc2c(C(=O)N3CCN(Cc4ccccc4F)CC3)noc2C)cc1. The Morgan fingerprint density at radius 1 is 1.06 bits per heavy atom. The Morgan fingerprint density at radius 2 is 1.75 bits per heavy atom. The number of carbonyl (C=O) groups is 1. The number of rotatable bonds is 7. The number of aromatic nitrogens is 1. The van der Waals surface area contributed by atoms with Crippen LogP contribution < -0.4 is 9.47 Å². The molecule has 32 heavy (non-hydrogen) atoms. The molecule has 7 nitrogen and oxygen atoms in total. The van der Waals surface area contributed by atoms with Gasteiger partial charge in [-0.1, -0.05) is 23.4 Å². The van der Waals surface area contributed by atoms with Crippen LogP contribution in [0, 0.1) is 12.7 Å². The molecule has 0 atom stereocenters. The van der Waals surface area contributed by atoms with Gasteiger partial charge < -0.3 is 18.9 Å². The predicted octanol–water partition coefficient (Wildman–Crippen LogP) is 3.67. The first-order valence-electron chi connectivity index (χ1n) is 10.5. The highest BCUT2D eigenvalue weighted by Gasteiger charge is 2.28. The highest BCUT2D eigenvalue weighted by atomic mass is 19.1. The summed E-state index contributed by atoms with van der Waals surface area (Å²) < 4.78 is 30.2. The van der Waals surface area contributed by atoms with Crippen LogP contribution in [0.5, 0.6) is 11.5 Å². The van der Waals surface area contributed by atoms with E-state index in [-0.39, 0.29) is 24.0 Å². The molecule has 0 unspecified atom stereocenters. The smallest absolute Gasteiger partial charge is 0.276 e. The average Bonchev–Trinajstić information content (AvgIpc) is 3.19. The van der Waals surface area contributed by atoms with E-state index in [0.29, 0.717) is 55.4 Å². The first kappa shape index (κ1) is 21.8. The van der Waals surface area contributed by atoms with E-state index < -0.39 is 0 Å². The third kappa shape index (κ3) is 4.91. The summed E-state index contributed by atoms with van der Waals surface area (Å²) in [6.07, 6.45) is 0. The Bertz CT molecular complexity index is 1060. The molecule has 4 rings (SSSR count).